The summed E-state index contributed by atoms with van der Waals surface area (Å²) in [5, 5.41) is 3.05. The van der Waals surface area contributed by atoms with Gasteiger partial charge < -0.3 is 21.7 Å². The van der Waals surface area contributed by atoms with Gasteiger partial charge >= 0.3 is 0 Å². The molecule has 1 saturated carbocycles. The van der Waals surface area contributed by atoms with E-state index in [9.17, 15) is 9.59 Å². The fourth-order valence-electron chi connectivity index (χ4n) is 4.22. The largest absolute Gasteiger partial charge is 0.371 e. The van der Waals surface area contributed by atoms with Gasteiger partial charge in [-0.1, -0.05) is 18.9 Å². The Labute approximate surface area is 179 Å². The topological polar surface area (TPSA) is 101 Å². The maximum absolute atomic E-state index is 12.7. The molecule has 2 fully saturated rings. The van der Waals surface area contributed by atoms with Gasteiger partial charge in [0.2, 0.25) is 11.8 Å². The van der Waals surface area contributed by atoms with Gasteiger partial charge in [-0.2, -0.15) is 0 Å². The molecule has 158 valence electrons. The molecule has 1 aliphatic carbocycles. The molecule has 1 aromatic rings. The number of carbonyl (C=O) groups excluding carboxylic acids is 2. The van der Waals surface area contributed by atoms with Gasteiger partial charge in [-0.3, -0.25) is 9.59 Å². The van der Waals surface area contributed by atoms with Crippen LogP contribution in [-0.2, 0) is 9.59 Å². The number of nitrogens with two attached hydrogens (primary N) is 2. The van der Waals surface area contributed by atoms with Crippen LogP contribution in [0.15, 0.2) is 24.3 Å². The second-order valence-electron chi connectivity index (χ2n) is 8.01. The number of benzene rings is 1. The molecule has 28 heavy (non-hydrogen) atoms. The lowest BCUT2D eigenvalue weighted by Gasteiger charge is -2.37. The summed E-state index contributed by atoms with van der Waals surface area (Å²) >= 11 is 0. The average molecular weight is 431 g/mol. The normalized spacial score (nSPS) is 25.2. The average Bonchev–Trinajstić information content (AvgIpc) is 2.61. The third kappa shape index (κ3) is 5.75. The zero-order valence-corrected chi connectivity index (χ0v) is 18.0. The number of hydrogen-bond acceptors (Lipinski definition) is 4. The number of hydrogen-bond donors (Lipinski definition) is 3. The van der Waals surface area contributed by atoms with Crippen molar-refractivity contribution < 1.29 is 9.59 Å². The minimum Gasteiger partial charge on any atom is -0.371 e. The number of piperidine rings is 1. The van der Waals surface area contributed by atoms with Gasteiger partial charge in [0.15, 0.2) is 0 Å². The molecule has 0 spiro atoms. The maximum atomic E-state index is 12.7. The van der Waals surface area contributed by atoms with E-state index in [4.69, 9.17) is 11.5 Å². The summed E-state index contributed by atoms with van der Waals surface area (Å²) < 4.78 is 0. The monoisotopic (exact) mass is 430 g/mol. The summed E-state index contributed by atoms with van der Waals surface area (Å²) in [5.74, 6) is -0.365. The first-order valence-electron chi connectivity index (χ1n) is 9.61. The molecule has 0 aromatic heterocycles. The molecule has 0 bridgehead atoms. The lowest BCUT2D eigenvalue weighted by atomic mass is 9.74. The van der Waals surface area contributed by atoms with Gasteiger partial charge in [0.25, 0.3) is 0 Å². The Hall–Kier alpha value is -1.50. The number of rotatable bonds is 4. The van der Waals surface area contributed by atoms with Crippen molar-refractivity contribution in [1.29, 1.82) is 0 Å². The second-order valence-corrected chi connectivity index (χ2v) is 8.01. The van der Waals surface area contributed by atoms with E-state index in [0.717, 1.165) is 63.0 Å². The second kappa shape index (κ2) is 10.3. The summed E-state index contributed by atoms with van der Waals surface area (Å²) in [5.41, 5.74) is 13.2. The molecule has 1 aliphatic heterocycles. The molecular formula is C20H32Cl2N4O2. The Morgan fingerprint density at radius 3 is 2.43 bits per heavy atom. The van der Waals surface area contributed by atoms with E-state index < -0.39 is 5.54 Å². The van der Waals surface area contributed by atoms with Crippen molar-refractivity contribution in [2.45, 2.75) is 51.0 Å². The highest BCUT2D eigenvalue weighted by Crippen LogP contribution is 2.33. The Morgan fingerprint density at radius 1 is 1.14 bits per heavy atom. The Balaban J connectivity index is 0.00000196. The molecule has 1 aromatic carbocycles. The van der Waals surface area contributed by atoms with E-state index in [1.165, 1.54) is 0 Å². The zero-order valence-electron chi connectivity index (χ0n) is 16.4. The van der Waals surface area contributed by atoms with E-state index in [-0.39, 0.29) is 48.5 Å². The van der Waals surface area contributed by atoms with E-state index in [0.29, 0.717) is 0 Å². The summed E-state index contributed by atoms with van der Waals surface area (Å²) in [7, 11) is 0. The van der Waals surface area contributed by atoms with Crippen molar-refractivity contribution in [1.82, 2.24) is 0 Å². The quantitative estimate of drug-likeness (QED) is 0.682. The summed E-state index contributed by atoms with van der Waals surface area (Å²) in [6, 6.07) is 7.90. The van der Waals surface area contributed by atoms with Crippen LogP contribution in [0.25, 0.3) is 0 Å². The first-order valence-corrected chi connectivity index (χ1v) is 9.61. The molecule has 2 aliphatic rings. The smallest absolute Gasteiger partial charge is 0.229 e. The van der Waals surface area contributed by atoms with Crippen LogP contribution >= 0.6 is 24.8 Å². The molecule has 8 heteroatoms. The van der Waals surface area contributed by atoms with Crippen LogP contribution in [0.1, 0.15) is 45.4 Å². The molecule has 0 radical (unpaired) electrons. The number of primary amides is 1. The highest BCUT2D eigenvalue weighted by atomic mass is 35.5. The van der Waals surface area contributed by atoms with E-state index in [1.807, 2.05) is 31.2 Å². The van der Waals surface area contributed by atoms with Crippen LogP contribution in [0, 0.1) is 11.8 Å². The van der Waals surface area contributed by atoms with Gasteiger partial charge in [-0.15, -0.1) is 24.8 Å². The van der Waals surface area contributed by atoms with Gasteiger partial charge in [0.05, 0.1) is 5.92 Å². The van der Waals surface area contributed by atoms with Crippen molar-refractivity contribution in [2.75, 3.05) is 23.3 Å². The number of nitrogens with one attached hydrogen (secondary N) is 1. The third-order valence-corrected chi connectivity index (χ3v) is 5.95. The fourth-order valence-corrected chi connectivity index (χ4v) is 4.22. The van der Waals surface area contributed by atoms with E-state index in [2.05, 4.69) is 10.2 Å². The van der Waals surface area contributed by atoms with Gasteiger partial charge in [-0.25, -0.2) is 0 Å². The molecular weight excluding hydrogens is 399 g/mol. The number of amides is 2. The van der Waals surface area contributed by atoms with Crippen molar-refractivity contribution in [3.8, 4) is 0 Å². The molecule has 3 rings (SSSR count). The summed E-state index contributed by atoms with van der Waals surface area (Å²) in [6.07, 6.45) is 5.44. The van der Waals surface area contributed by atoms with Gasteiger partial charge in [-0.05, 0) is 50.8 Å². The fraction of sp³-hybridized carbons (Fsp3) is 0.600. The maximum Gasteiger partial charge on any atom is 0.229 e. The van der Waals surface area contributed by atoms with Crippen LogP contribution in [-0.4, -0.2) is 30.4 Å². The minimum absolute atomic E-state index is 0. The minimum atomic E-state index is -0.434. The van der Waals surface area contributed by atoms with Crippen LogP contribution in [0.3, 0.4) is 0 Å². The van der Waals surface area contributed by atoms with Crippen LogP contribution in [0.5, 0.6) is 0 Å². The van der Waals surface area contributed by atoms with Crippen molar-refractivity contribution in [3.63, 3.8) is 0 Å². The van der Waals surface area contributed by atoms with Crippen molar-refractivity contribution in [2.24, 2.45) is 23.3 Å². The summed E-state index contributed by atoms with van der Waals surface area (Å²) in [6.45, 7) is 3.58. The zero-order chi connectivity index (χ0) is 18.7. The number of anilines is 2. The molecule has 1 heterocycles. The SMILES string of the molecule is CC1(N)CCCCC1C(=O)Nc1cccc(N2CCC(C(N)=O)CC2)c1.Cl.Cl. The van der Waals surface area contributed by atoms with Gasteiger partial charge in [0, 0.05) is 35.9 Å². The first-order chi connectivity index (χ1) is 12.4. The highest BCUT2D eigenvalue weighted by molar-refractivity contribution is 5.94. The predicted molar refractivity (Wildman–Crippen MR) is 118 cm³/mol. The van der Waals surface area contributed by atoms with Crippen LogP contribution in [0.4, 0.5) is 11.4 Å². The Morgan fingerprint density at radius 2 is 1.82 bits per heavy atom. The molecule has 6 nitrogen and oxygen atoms in total. The number of halogens is 2. The van der Waals surface area contributed by atoms with E-state index >= 15 is 0 Å². The molecule has 2 atom stereocenters. The van der Waals surface area contributed by atoms with Crippen LogP contribution in [0.2, 0.25) is 0 Å². The first kappa shape index (κ1) is 24.5. The Kier molecular flexibility index (Phi) is 9.05. The van der Waals surface area contributed by atoms with Crippen molar-refractivity contribution >= 4 is 48.0 Å². The van der Waals surface area contributed by atoms with E-state index in [1.54, 1.807) is 0 Å². The molecule has 1 saturated heterocycles. The molecule has 2 amide bonds. The standard InChI is InChI=1S/C20H30N4O2.2ClH/c1-20(22)10-3-2-7-17(20)19(26)23-15-5-4-6-16(13-15)24-11-8-14(9-12-24)18(21)25;;/h4-6,13-14,17H,2-3,7-12,22H2,1H3,(H2,21,25)(H,23,26);2*1H. The molecule has 2 unspecified atom stereocenters. The van der Waals surface area contributed by atoms with Crippen LogP contribution < -0.4 is 21.7 Å². The lowest BCUT2D eigenvalue weighted by Crippen LogP contribution is -2.51. The number of nitrogens with zero attached hydrogens (tertiary/aromatic N) is 1. The van der Waals surface area contributed by atoms with Gasteiger partial charge in [0.1, 0.15) is 0 Å². The highest BCUT2D eigenvalue weighted by Gasteiger charge is 2.37. The lowest BCUT2D eigenvalue weighted by molar-refractivity contribution is -0.123. The Bertz CT molecular complexity index is 676. The summed E-state index contributed by atoms with van der Waals surface area (Å²) in [4.78, 5) is 26.3. The predicted octanol–water partition coefficient (Wildman–Crippen LogP) is 3.08. The third-order valence-electron chi connectivity index (χ3n) is 5.95. The number of carbonyl (C=O) groups is 2. The molecule has 5 N–H and O–H groups in total. The van der Waals surface area contributed by atoms with Crippen molar-refractivity contribution in [3.05, 3.63) is 24.3 Å².